The molecule has 0 aromatic heterocycles. The fourth-order valence-electron chi connectivity index (χ4n) is 2.40. The van der Waals surface area contributed by atoms with Crippen LogP contribution in [0.5, 0.6) is 0 Å². The molecule has 2 nitrogen and oxygen atoms in total. The molecule has 1 heterocycles. The first-order valence-electron chi connectivity index (χ1n) is 6.71. The minimum atomic E-state index is -4.47. The molecule has 20 heavy (non-hydrogen) atoms. The molecule has 6 heteroatoms. The van der Waals surface area contributed by atoms with Crippen LogP contribution in [0.1, 0.15) is 24.0 Å². The Labute approximate surface area is 115 Å². The van der Waals surface area contributed by atoms with Crippen molar-refractivity contribution in [2.24, 2.45) is 5.92 Å². The zero-order valence-electron chi connectivity index (χ0n) is 11.1. The predicted octanol–water partition coefficient (Wildman–Crippen LogP) is 3.59. The van der Waals surface area contributed by atoms with Crippen LogP contribution in [0.4, 0.5) is 23.2 Å². The van der Waals surface area contributed by atoms with Gasteiger partial charge in [-0.3, -0.25) is 0 Å². The van der Waals surface area contributed by atoms with Gasteiger partial charge in [-0.2, -0.15) is 13.2 Å². The summed E-state index contributed by atoms with van der Waals surface area (Å²) in [6, 6.07) is 3.59. The van der Waals surface area contributed by atoms with Crippen LogP contribution < -0.4 is 10.6 Å². The van der Waals surface area contributed by atoms with Crippen LogP contribution >= 0.6 is 0 Å². The molecule has 0 saturated carbocycles. The Hall–Kier alpha value is -1.30. The Kier molecular flexibility index (Phi) is 4.86. The first-order valence-corrected chi connectivity index (χ1v) is 6.71. The van der Waals surface area contributed by atoms with Gasteiger partial charge in [0.1, 0.15) is 6.67 Å². The molecule has 0 spiro atoms. The highest BCUT2D eigenvalue weighted by molar-refractivity contribution is 5.54. The molecule has 0 unspecified atom stereocenters. The summed E-state index contributed by atoms with van der Waals surface area (Å²) in [5.74, 6) is 0.373. The van der Waals surface area contributed by atoms with Crippen molar-refractivity contribution in [3.63, 3.8) is 0 Å². The van der Waals surface area contributed by atoms with E-state index in [0.717, 1.165) is 32.0 Å². The summed E-state index contributed by atoms with van der Waals surface area (Å²) < 4.78 is 51.4. The molecule has 2 N–H and O–H groups in total. The second kappa shape index (κ2) is 6.43. The average molecular weight is 290 g/mol. The number of benzene rings is 1. The summed E-state index contributed by atoms with van der Waals surface area (Å²) in [6.07, 6.45) is -2.56. The number of anilines is 1. The monoisotopic (exact) mass is 290 g/mol. The largest absolute Gasteiger partial charge is 0.418 e. The molecule has 0 aliphatic carbocycles. The van der Waals surface area contributed by atoms with Crippen molar-refractivity contribution in [3.8, 4) is 0 Å². The lowest BCUT2D eigenvalue weighted by molar-refractivity contribution is -0.137. The maximum atomic E-state index is 13.0. The molecule has 0 bridgehead atoms. The van der Waals surface area contributed by atoms with Crippen LogP contribution in [-0.4, -0.2) is 19.6 Å². The van der Waals surface area contributed by atoms with Crippen LogP contribution in [0.2, 0.25) is 0 Å². The van der Waals surface area contributed by atoms with Gasteiger partial charge in [0.15, 0.2) is 0 Å². The Morgan fingerprint density at radius 3 is 2.50 bits per heavy atom. The van der Waals surface area contributed by atoms with E-state index in [1.807, 2.05) is 0 Å². The van der Waals surface area contributed by atoms with Crippen molar-refractivity contribution in [3.05, 3.63) is 29.3 Å². The number of rotatable bonds is 4. The van der Waals surface area contributed by atoms with Gasteiger partial charge >= 0.3 is 6.18 Å². The van der Waals surface area contributed by atoms with Crippen molar-refractivity contribution in [2.75, 3.05) is 25.0 Å². The molecule has 2 rings (SSSR count). The molecule has 0 radical (unpaired) electrons. The summed E-state index contributed by atoms with van der Waals surface area (Å²) >= 11 is 0. The Morgan fingerprint density at radius 2 is 1.90 bits per heavy atom. The zero-order valence-corrected chi connectivity index (χ0v) is 11.1. The van der Waals surface area contributed by atoms with Crippen molar-refractivity contribution >= 4 is 5.69 Å². The lowest BCUT2D eigenvalue weighted by Gasteiger charge is -2.24. The number of halogens is 4. The van der Waals surface area contributed by atoms with Gasteiger partial charge in [0.05, 0.1) is 5.56 Å². The van der Waals surface area contributed by atoms with Crippen LogP contribution in [0.25, 0.3) is 0 Å². The van der Waals surface area contributed by atoms with Gasteiger partial charge in [-0.1, -0.05) is 6.07 Å². The summed E-state index contributed by atoms with van der Waals surface area (Å²) in [5, 5.41) is 6.08. The van der Waals surface area contributed by atoms with E-state index >= 15 is 0 Å². The SMILES string of the molecule is FCc1ccc(NCC2CCNCC2)c(C(F)(F)F)c1. The topological polar surface area (TPSA) is 24.1 Å². The normalized spacial score (nSPS) is 17.2. The van der Waals surface area contributed by atoms with Gasteiger partial charge in [-0.15, -0.1) is 0 Å². The van der Waals surface area contributed by atoms with Gasteiger partial charge in [-0.25, -0.2) is 4.39 Å². The standard InChI is InChI=1S/C14H18F4N2/c15-8-11-1-2-13(12(7-11)14(16,17)18)20-9-10-3-5-19-6-4-10/h1-2,7,10,19-20H,3-6,8-9H2. The molecule has 112 valence electrons. The number of hydrogen-bond donors (Lipinski definition) is 2. The Balaban J connectivity index is 2.09. The van der Waals surface area contributed by atoms with Crippen LogP contribution in [0.15, 0.2) is 18.2 Å². The molecular formula is C14H18F4N2. The van der Waals surface area contributed by atoms with Gasteiger partial charge < -0.3 is 10.6 Å². The van der Waals surface area contributed by atoms with E-state index in [0.29, 0.717) is 12.5 Å². The number of nitrogens with one attached hydrogen (secondary N) is 2. The van der Waals surface area contributed by atoms with Crippen molar-refractivity contribution in [1.29, 1.82) is 0 Å². The van der Waals surface area contributed by atoms with E-state index in [1.54, 1.807) is 0 Å². The highest BCUT2D eigenvalue weighted by Gasteiger charge is 2.33. The van der Waals surface area contributed by atoms with Crippen LogP contribution in [0, 0.1) is 5.92 Å². The number of alkyl halides is 4. The van der Waals surface area contributed by atoms with Gasteiger partial charge in [-0.05, 0) is 49.5 Å². The van der Waals surface area contributed by atoms with E-state index < -0.39 is 18.4 Å². The summed E-state index contributed by atoms with van der Waals surface area (Å²) in [7, 11) is 0. The zero-order chi connectivity index (χ0) is 14.6. The minimum Gasteiger partial charge on any atom is -0.384 e. The molecule has 1 aromatic rings. The van der Waals surface area contributed by atoms with Gasteiger partial charge in [0.25, 0.3) is 0 Å². The van der Waals surface area contributed by atoms with E-state index in [-0.39, 0.29) is 11.3 Å². The molecule has 1 aliphatic rings. The molecule has 0 atom stereocenters. The van der Waals surface area contributed by atoms with Gasteiger partial charge in [0, 0.05) is 12.2 Å². The average Bonchev–Trinajstić information content (AvgIpc) is 2.45. The first kappa shape index (κ1) is 15.1. The smallest absolute Gasteiger partial charge is 0.384 e. The fourth-order valence-corrected chi connectivity index (χ4v) is 2.40. The van der Waals surface area contributed by atoms with Crippen LogP contribution in [-0.2, 0) is 12.9 Å². The van der Waals surface area contributed by atoms with Crippen molar-refractivity contribution in [1.82, 2.24) is 5.32 Å². The third-order valence-electron chi connectivity index (χ3n) is 3.58. The summed E-state index contributed by atoms with van der Waals surface area (Å²) in [4.78, 5) is 0. The molecule has 1 aromatic carbocycles. The Morgan fingerprint density at radius 1 is 1.20 bits per heavy atom. The van der Waals surface area contributed by atoms with Crippen LogP contribution in [0.3, 0.4) is 0 Å². The van der Waals surface area contributed by atoms with Gasteiger partial charge in [0.2, 0.25) is 0 Å². The maximum Gasteiger partial charge on any atom is 0.418 e. The maximum absolute atomic E-state index is 13.0. The quantitative estimate of drug-likeness (QED) is 0.828. The molecule has 1 saturated heterocycles. The van der Waals surface area contributed by atoms with E-state index in [4.69, 9.17) is 0 Å². The van der Waals surface area contributed by atoms with E-state index in [2.05, 4.69) is 10.6 Å². The fraction of sp³-hybridized carbons (Fsp3) is 0.571. The lowest BCUT2D eigenvalue weighted by Crippen LogP contribution is -2.31. The van der Waals surface area contributed by atoms with E-state index in [9.17, 15) is 17.6 Å². The number of hydrogen-bond acceptors (Lipinski definition) is 2. The summed E-state index contributed by atoms with van der Waals surface area (Å²) in [6.45, 7) is 1.43. The third kappa shape index (κ3) is 3.85. The molecule has 0 amide bonds. The van der Waals surface area contributed by atoms with Crippen molar-refractivity contribution in [2.45, 2.75) is 25.7 Å². The summed E-state index contributed by atoms with van der Waals surface area (Å²) in [5.41, 5.74) is -0.709. The number of piperidine rings is 1. The lowest BCUT2D eigenvalue weighted by atomic mass is 9.98. The first-order chi connectivity index (χ1) is 9.50. The molecular weight excluding hydrogens is 272 g/mol. The predicted molar refractivity (Wildman–Crippen MR) is 70.3 cm³/mol. The minimum absolute atomic E-state index is 0.0354. The van der Waals surface area contributed by atoms with E-state index in [1.165, 1.54) is 12.1 Å². The highest BCUT2D eigenvalue weighted by atomic mass is 19.4. The molecule has 1 aliphatic heterocycles. The van der Waals surface area contributed by atoms with Crippen molar-refractivity contribution < 1.29 is 17.6 Å². The Bertz CT molecular complexity index is 439. The second-order valence-electron chi connectivity index (χ2n) is 5.09. The second-order valence-corrected chi connectivity index (χ2v) is 5.09. The third-order valence-corrected chi connectivity index (χ3v) is 3.58. The molecule has 1 fully saturated rings. The highest BCUT2D eigenvalue weighted by Crippen LogP contribution is 2.35.